The van der Waals surface area contributed by atoms with Gasteiger partial charge in [-0.05, 0) is 45.4 Å². The van der Waals surface area contributed by atoms with E-state index in [4.69, 9.17) is 16.3 Å². The zero-order valence-corrected chi connectivity index (χ0v) is 20.6. The third-order valence-electron chi connectivity index (χ3n) is 5.34. The van der Waals surface area contributed by atoms with E-state index in [2.05, 4.69) is 19.9 Å². The molecule has 0 unspecified atom stereocenters. The van der Waals surface area contributed by atoms with Gasteiger partial charge in [-0.2, -0.15) is 4.98 Å². The number of nitrogens with zero attached hydrogens (tertiary/aromatic N) is 5. The third-order valence-corrected chi connectivity index (χ3v) is 5.67. The van der Waals surface area contributed by atoms with Gasteiger partial charge in [-0.1, -0.05) is 23.7 Å². The lowest BCUT2D eigenvalue weighted by Crippen LogP contribution is -2.24. The lowest BCUT2D eigenvalue weighted by molar-refractivity contribution is 0.0688. The summed E-state index contributed by atoms with van der Waals surface area (Å²) in [6.45, 7) is 6.22. The average molecular weight is 514 g/mol. The predicted octanol–water partition coefficient (Wildman–Crippen LogP) is 4.44. The molecule has 4 aromatic rings. The molecule has 0 bridgehead atoms. The molecule has 0 aliphatic carbocycles. The Kier molecular flexibility index (Phi) is 6.83. The minimum absolute atomic E-state index is 0.157. The molecule has 11 heteroatoms. The lowest BCUT2D eigenvalue weighted by Gasteiger charge is -2.17. The maximum absolute atomic E-state index is 13.9. The summed E-state index contributed by atoms with van der Waals surface area (Å²) in [5.41, 5.74) is 0.555. The van der Waals surface area contributed by atoms with E-state index in [0.717, 1.165) is 11.8 Å². The van der Waals surface area contributed by atoms with Crippen LogP contribution in [0.2, 0.25) is 5.02 Å². The molecule has 1 aromatic carbocycles. The summed E-state index contributed by atoms with van der Waals surface area (Å²) in [6, 6.07) is 7.80. The Bertz CT molecular complexity index is 1520. The molecule has 186 valence electrons. The molecular formula is C25H22ClF2N5O3. The van der Waals surface area contributed by atoms with Gasteiger partial charge in [0.2, 0.25) is 5.88 Å². The van der Waals surface area contributed by atoms with Crippen LogP contribution in [0.5, 0.6) is 5.88 Å². The van der Waals surface area contributed by atoms with E-state index in [1.54, 1.807) is 39.1 Å². The lowest BCUT2D eigenvalue weighted by atomic mass is 10.1. The fourth-order valence-electron chi connectivity index (χ4n) is 3.47. The van der Waals surface area contributed by atoms with Crippen molar-refractivity contribution in [1.82, 2.24) is 24.5 Å². The Hall–Kier alpha value is -3.76. The molecule has 0 aliphatic rings. The molecule has 0 saturated heterocycles. The molecule has 0 spiro atoms. The van der Waals surface area contributed by atoms with Crippen LogP contribution >= 0.6 is 11.6 Å². The number of rotatable bonds is 6. The van der Waals surface area contributed by atoms with Gasteiger partial charge >= 0.3 is 0 Å². The first kappa shape index (κ1) is 25.3. The first-order valence-corrected chi connectivity index (χ1v) is 11.2. The minimum atomic E-state index is -1.23. The average Bonchev–Trinajstić information content (AvgIpc) is 2.82. The van der Waals surface area contributed by atoms with Gasteiger partial charge in [0.15, 0.2) is 16.7 Å². The largest absolute Gasteiger partial charge is 0.470 e. The van der Waals surface area contributed by atoms with Gasteiger partial charge in [0.1, 0.15) is 29.5 Å². The Morgan fingerprint density at radius 3 is 2.56 bits per heavy atom. The van der Waals surface area contributed by atoms with Gasteiger partial charge < -0.3 is 9.84 Å². The molecule has 0 amide bonds. The molecule has 3 heterocycles. The van der Waals surface area contributed by atoms with Crippen molar-refractivity contribution >= 4 is 11.6 Å². The highest BCUT2D eigenvalue weighted by Crippen LogP contribution is 2.27. The van der Waals surface area contributed by atoms with Crippen LogP contribution < -0.4 is 10.3 Å². The van der Waals surface area contributed by atoms with Crippen LogP contribution in [-0.4, -0.2) is 29.6 Å². The molecule has 3 aromatic heterocycles. The molecule has 0 fully saturated rings. The number of aliphatic hydroxyl groups is 1. The van der Waals surface area contributed by atoms with E-state index in [9.17, 15) is 18.7 Å². The van der Waals surface area contributed by atoms with Gasteiger partial charge in [0, 0.05) is 17.8 Å². The number of benzene rings is 1. The van der Waals surface area contributed by atoms with Gasteiger partial charge in [-0.15, -0.1) is 0 Å². The maximum atomic E-state index is 13.9. The highest BCUT2D eigenvalue weighted by Gasteiger charge is 2.21. The van der Waals surface area contributed by atoms with Crippen molar-refractivity contribution in [2.45, 2.75) is 39.9 Å². The van der Waals surface area contributed by atoms with Gasteiger partial charge in [-0.3, -0.25) is 14.3 Å². The topological polar surface area (TPSA) is 103 Å². The van der Waals surface area contributed by atoms with E-state index in [1.165, 1.54) is 4.57 Å². The van der Waals surface area contributed by atoms with Crippen LogP contribution in [0.15, 0.2) is 47.5 Å². The van der Waals surface area contributed by atoms with E-state index >= 15 is 0 Å². The van der Waals surface area contributed by atoms with Crippen molar-refractivity contribution in [3.05, 3.63) is 92.6 Å². The van der Waals surface area contributed by atoms with Crippen molar-refractivity contribution in [3.8, 4) is 22.8 Å². The fraction of sp³-hybridized carbons (Fsp3) is 0.240. The quantitative estimate of drug-likeness (QED) is 0.406. The van der Waals surface area contributed by atoms with Crippen LogP contribution in [0.1, 0.15) is 36.8 Å². The molecule has 0 radical (unpaired) electrons. The molecule has 36 heavy (non-hydrogen) atoms. The SMILES string of the molecule is Cc1ccc(-c2ccnc(C(C)(C)O)n2)cc1-n1c(C)nc(OCc2ncc(F)cc2F)c(Cl)c1=O. The Labute approximate surface area is 210 Å². The monoisotopic (exact) mass is 513 g/mol. The molecule has 0 saturated carbocycles. The number of pyridine rings is 1. The summed E-state index contributed by atoms with van der Waals surface area (Å²) in [7, 11) is 0. The van der Waals surface area contributed by atoms with Crippen molar-refractivity contribution in [3.63, 3.8) is 0 Å². The van der Waals surface area contributed by atoms with Gasteiger partial charge in [0.05, 0.1) is 17.6 Å². The van der Waals surface area contributed by atoms with Crippen LogP contribution in [0, 0.1) is 25.5 Å². The zero-order valence-electron chi connectivity index (χ0n) is 19.9. The first-order chi connectivity index (χ1) is 17.0. The summed E-state index contributed by atoms with van der Waals surface area (Å²) in [6.07, 6.45) is 2.41. The van der Waals surface area contributed by atoms with Crippen molar-refractivity contribution in [2.75, 3.05) is 0 Å². The van der Waals surface area contributed by atoms with Crippen molar-refractivity contribution in [2.24, 2.45) is 0 Å². The number of halogens is 3. The number of hydrogen-bond donors (Lipinski definition) is 1. The normalized spacial score (nSPS) is 11.6. The first-order valence-electron chi connectivity index (χ1n) is 10.8. The number of aromatic nitrogens is 5. The third kappa shape index (κ3) is 5.09. The van der Waals surface area contributed by atoms with Crippen LogP contribution in [0.25, 0.3) is 16.9 Å². The summed E-state index contributed by atoms with van der Waals surface area (Å²) in [5, 5.41) is 9.96. The van der Waals surface area contributed by atoms with Crippen LogP contribution in [0.3, 0.4) is 0 Å². The number of ether oxygens (including phenoxy) is 1. The predicted molar refractivity (Wildman–Crippen MR) is 129 cm³/mol. The highest BCUT2D eigenvalue weighted by molar-refractivity contribution is 6.31. The van der Waals surface area contributed by atoms with Crippen molar-refractivity contribution in [1.29, 1.82) is 0 Å². The van der Waals surface area contributed by atoms with E-state index in [1.807, 2.05) is 19.1 Å². The summed E-state index contributed by atoms with van der Waals surface area (Å²) in [4.78, 5) is 29.7. The van der Waals surface area contributed by atoms with Crippen molar-refractivity contribution < 1.29 is 18.6 Å². The number of aryl methyl sites for hydroxylation is 2. The smallest absolute Gasteiger partial charge is 0.280 e. The highest BCUT2D eigenvalue weighted by atomic mass is 35.5. The van der Waals surface area contributed by atoms with Crippen LogP contribution in [-0.2, 0) is 12.2 Å². The molecule has 1 N–H and O–H groups in total. The molecule has 0 aliphatic heterocycles. The van der Waals surface area contributed by atoms with Gasteiger partial charge in [-0.25, -0.2) is 18.7 Å². The summed E-state index contributed by atoms with van der Waals surface area (Å²) >= 11 is 6.29. The standard InChI is InChI=1S/C25H22ClF2N5O3/c1-13-5-6-15(18-7-8-29-24(32-18)25(3,4)35)9-20(13)33-14(2)31-22(21(26)23(33)34)36-12-19-17(28)10-16(27)11-30-19/h5-11,35H,12H2,1-4H3. The van der Waals surface area contributed by atoms with E-state index in [0.29, 0.717) is 23.0 Å². The van der Waals surface area contributed by atoms with E-state index < -0.39 is 29.4 Å². The summed E-state index contributed by atoms with van der Waals surface area (Å²) in [5.74, 6) is -1.37. The van der Waals surface area contributed by atoms with E-state index in [-0.39, 0.29) is 28.2 Å². The fourth-order valence-corrected chi connectivity index (χ4v) is 3.65. The maximum Gasteiger partial charge on any atom is 0.280 e. The Balaban J connectivity index is 1.72. The molecular weight excluding hydrogens is 492 g/mol. The molecule has 8 nitrogen and oxygen atoms in total. The second-order valence-electron chi connectivity index (χ2n) is 8.62. The molecule has 0 atom stereocenters. The second kappa shape index (κ2) is 9.71. The minimum Gasteiger partial charge on any atom is -0.470 e. The zero-order chi connectivity index (χ0) is 26.2. The van der Waals surface area contributed by atoms with Gasteiger partial charge in [0.25, 0.3) is 5.56 Å². The van der Waals surface area contributed by atoms with Crippen LogP contribution in [0.4, 0.5) is 8.78 Å². The number of hydrogen-bond acceptors (Lipinski definition) is 7. The summed E-state index contributed by atoms with van der Waals surface area (Å²) < 4.78 is 33.8. The Morgan fingerprint density at radius 2 is 1.86 bits per heavy atom. The Morgan fingerprint density at radius 1 is 1.11 bits per heavy atom. The molecule has 4 rings (SSSR count). The second-order valence-corrected chi connectivity index (χ2v) is 8.99.